The minimum atomic E-state index is -1.01. The molecule has 0 unspecified atom stereocenters. The van der Waals surface area contributed by atoms with Crippen molar-refractivity contribution >= 4 is 0 Å². The highest BCUT2D eigenvalue weighted by molar-refractivity contribution is 5.35. The molecule has 0 bridgehead atoms. The Kier molecular flexibility index (Phi) is 11.2. The zero-order valence-corrected chi connectivity index (χ0v) is 26.3. The molecule has 244 valence electrons. The minimum absolute atomic E-state index is 0.0739. The molecule has 2 fully saturated rings. The van der Waals surface area contributed by atoms with E-state index in [1.807, 2.05) is 0 Å². The SMILES string of the molecule is CCCCCc1ccc(C2CCC(COc3ccc(C4CCC(c5ccc(CC)c(F)c5F)CC4)c(F)c3F)CC2)c(F)c1F. The second-order valence-corrected chi connectivity index (χ2v) is 13.1. The summed E-state index contributed by atoms with van der Waals surface area (Å²) in [5.74, 6) is -5.44. The maximum atomic E-state index is 15.2. The zero-order chi connectivity index (χ0) is 32.1. The maximum absolute atomic E-state index is 15.2. The Morgan fingerprint density at radius 3 is 1.53 bits per heavy atom. The van der Waals surface area contributed by atoms with Gasteiger partial charge in [0.05, 0.1) is 6.61 Å². The number of benzene rings is 3. The molecule has 3 aromatic carbocycles. The lowest BCUT2D eigenvalue weighted by Crippen LogP contribution is -2.20. The van der Waals surface area contributed by atoms with E-state index in [0.717, 1.165) is 32.1 Å². The lowest BCUT2D eigenvalue weighted by molar-refractivity contribution is 0.191. The van der Waals surface area contributed by atoms with Crippen molar-refractivity contribution < 1.29 is 31.1 Å². The van der Waals surface area contributed by atoms with Crippen molar-refractivity contribution in [2.45, 2.75) is 115 Å². The molecule has 0 radical (unpaired) electrons. The summed E-state index contributed by atoms with van der Waals surface area (Å²) in [4.78, 5) is 0. The van der Waals surface area contributed by atoms with Crippen molar-refractivity contribution in [2.75, 3.05) is 6.61 Å². The predicted molar refractivity (Wildman–Crippen MR) is 166 cm³/mol. The first-order valence-electron chi connectivity index (χ1n) is 16.8. The fourth-order valence-corrected chi connectivity index (χ4v) is 7.41. The normalized spacial score (nSPS) is 22.0. The van der Waals surface area contributed by atoms with E-state index in [0.29, 0.717) is 73.6 Å². The summed E-state index contributed by atoms with van der Waals surface area (Å²) in [6, 6.07) is 9.80. The second-order valence-electron chi connectivity index (χ2n) is 13.1. The molecule has 0 saturated heterocycles. The second kappa shape index (κ2) is 15.1. The highest BCUT2D eigenvalue weighted by Crippen LogP contribution is 2.44. The number of hydrogen-bond donors (Lipinski definition) is 0. The molecular weight excluding hydrogens is 586 g/mol. The first kappa shape index (κ1) is 33.4. The van der Waals surface area contributed by atoms with Gasteiger partial charge in [0.25, 0.3) is 0 Å². The molecule has 0 aliphatic heterocycles. The van der Waals surface area contributed by atoms with Gasteiger partial charge in [-0.2, -0.15) is 4.39 Å². The Balaban J connectivity index is 1.13. The van der Waals surface area contributed by atoms with Crippen molar-refractivity contribution in [3.8, 4) is 5.75 Å². The molecule has 0 N–H and O–H groups in total. The lowest BCUT2D eigenvalue weighted by atomic mass is 9.75. The molecule has 5 rings (SSSR count). The molecule has 1 nitrogen and oxygen atoms in total. The molecule has 45 heavy (non-hydrogen) atoms. The standard InChI is InChI=1S/C38H44F6O/c1-3-5-6-7-28-17-19-30(36(42)34(28)40)25-10-8-23(9-11-25)22-45-32-21-20-31(37(43)38(32)44)27-14-12-26(13-15-27)29-18-16-24(4-2)33(39)35(29)41/h16-21,23,25-27H,3-15,22H2,1-2H3. The Labute approximate surface area is 263 Å². The van der Waals surface area contributed by atoms with Crippen LogP contribution in [0.2, 0.25) is 0 Å². The van der Waals surface area contributed by atoms with E-state index in [9.17, 15) is 17.6 Å². The van der Waals surface area contributed by atoms with Gasteiger partial charge in [0.2, 0.25) is 5.82 Å². The lowest BCUT2D eigenvalue weighted by Gasteiger charge is -2.30. The first-order valence-corrected chi connectivity index (χ1v) is 16.8. The first-order chi connectivity index (χ1) is 21.7. The van der Waals surface area contributed by atoms with Crippen LogP contribution in [0.15, 0.2) is 36.4 Å². The summed E-state index contributed by atoms with van der Waals surface area (Å²) >= 11 is 0. The third-order valence-corrected chi connectivity index (χ3v) is 10.3. The molecule has 0 spiro atoms. The molecule has 2 aliphatic carbocycles. The molecular formula is C38H44F6O. The van der Waals surface area contributed by atoms with E-state index in [1.54, 1.807) is 37.3 Å². The van der Waals surface area contributed by atoms with Crippen LogP contribution in [-0.2, 0) is 12.8 Å². The van der Waals surface area contributed by atoms with Crippen LogP contribution in [0.4, 0.5) is 26.3 Å². The summed E-state index contributed by atoms with van der Waals surface area (Å²) < 4.78 is 94.7. The van der Waals surface area contributed by atoms with E-state index < -0.39 is 34.9 Å². The van der Waals surface area contributed by atoms with Gasteiger partial charge in [-0.1, -0.05) is 57.0 Å². The van der Waals surface area contributed by atoms with Gasteiger partial charge < -0.3 is 4.74 Å². The average molecular weight is 631 g/mol. The topological polar surface area (TPSA) is 9.23 Å². The van der Waals surface area contributed by atoms with Gasteiger partial charge in [-0.25, -0.2) is 22.0 Å². The van der Waals surface area contributed by atoms with Gasteiger partial charge in [0.15, 0.2) is 34.8 Å². The molecule has 3 aromatic rings. The van der Waals surface area contributed by atoms with Crippen LogP contribution in [0.3, 0.4) is 0 Å². The molecule has 0 aromatic heterocycles. The van der Waals surface area contributed by atoms with Crippen LogP contribution in [0.1, 0.15) is 130 Å². The van der Waals surface area contributed by atoms with E-state index in [1.165, 1.54) is 6.07 Å². The Hall–Kier alpha value is -2.96. The van der Waals surface area contributed by atoms with E-state index in [4.69, 9.17) is 4.74 Å². The number of hydrogen-bond acceptors (Lipinski definition) is 1. The quantitative estimate of drug-likeness (QED) is 0.151. The van der Waals surface area contributed by atoms with Crippen molar-refractivity contribution in [2.24, 2.45) is 5.92 Å². The summed E-state index contributed by atoms with van der Waals surface area (Å²) in [6.45, 7) is 4.07. The largest absolute Gasteiger partial charge is 0.490 e. The monoisotopic (exact) mass is 630 g/mol. The third kappa shape index (κ3) is 7.38. The van der Waals surface area contributed by atoms with Gasteiger partial charge in [0, 0.05) is 0 Å². The third-order valence-electron chi connectivity index (χ3n) is 10.3. The van der Waals surface area contributed by atoms with Crippen LogP contribution in [-0.4, -0.2) is 6.61 Å². The van der Waals surface area contributed by atoms with Gasteiger partial charge in [0.1, 0.15) is 0 Å². The molecule has 0 atom stereocenters. The highest BCUT2D eigenvalue weighted by Gasteiger charge is 2.31. The average Bonchev–Trinajstić information content (AvgIpc) is 3.06. The van der Waals surface area contributed by atoms with E-state index in [2.05, 4.69) is 6.92 Å². The number of ether oxygens (including phenoxy) is 1. The number of aryl methyl sites for hydroxylation is 2. The van der Waals surface area contributed by atoms with Crippen molar-refractivity contribution in [1.29, 1.82) is 0 Å². The molecule has 0 heterocycles. The van der Waals surface area contributed by atoms with Gasteiger partial charge in [-0.05, 0) is 128 Å². The summed E-state index contributed by atoms with van der Waals surface area (Å²) in [5.41, 5.74) is 1.86. The molecule has 7 heteroatoms. The van der Waals surface area contributed by atoms with Crippen molar-refractivity contribution in [3.05, 3.63) is 99.1 Å². The predicted octanol–water partition coefficient (Wildman–Crippen LogP) is 11.6. The van der Waals surface area contributed by atoms with Gasteiger partial charge >= 0.3 is 0 Å². The number of halogens is 6. The number of rotatable bonds is 11. The van der Waals surface area contributed by atoms with Crippen molar-refractivity contribution in [3.63, 3.8) is 0 Å². The Bertz CT molecular complexity index is 1450. The van der Waals surface area contributed by atoms with Crippen LogP contribution in [0, 0.1) is 40.8 Å². The van der Waals surface area contributed by atoms with Crippen molar-refractivity contribution in [1.82, 2.24) is 0 Å². The number of unbranched alkanes of at least 4 members (excludes halogenated alkanes) is 2. The van der Waals surface area contributed by atoms with Crippen LogP contribution in [0.5, 0.6) is 5.75 Å². The van der Waals surface area contributed by atoms with Crippen LogP contribution >= 0.6 is 0 Å². The van der Waals surface area contributed by atoms with Gasteiger partial charge in [-0.3, -0.25) is 0 Å². The van der Waals surface area contributed by atoms with E-state index in [-0.39, 0.29) is 41.6 Å². The zero-order valence-electron chi connectivity index (χ0n) is 26.3. The van der Waals surface area contributed by atoms with Gasteiger partial charge in [-0.15, -0.1) is 0 Å². The summed E-state index contributed by atoms with van der Waals surface area (Å²) in [7, 11) is 0. The van der Waals surface area contributed by atoms with Crippen LogP contribution < -0.4 is 4.74 Å². The molecule has 2 aliphatic rings. The fourth-order valence-electron chi connectivity index (χ4n) is 7.41. The molecule has 2 saturated carbocycles. The minimum Gasteiger partial charge on any atom is -0.490 e. The fraction of sp³-hybridized carbons (Fsp3) is 0.526. The molecule has 0 amide bonds. The van der Waals surface area contributed by atoms with E-state index >= 15 is 8.78 Å². The maximum Gasteiger partial charge on any atom is 0.200 e. The summed E-state index contributed by atoms with van der Waals surface area (Å²) in [5, 5.41) is 0. The Morgan fingerprint density at radius 1 is 0.533 bits per heavy atom. The highest BCUT2D eigenvalue weighted by atomic mass is 19.2. The summed E-state index contributed by atoms with van der Waals surface area (Å²) in [6.07, 6.45) is 8.83. The van der Waals surface area contributed by atoms with Crippen LogP contribution in [0.25, 0.3) is 0 Å². The Morgan fingerprint density at radius 2 is 1.00 bits per heavy atom. The smallest absolute Gasteiger partial charge is 0.200 e.